The SMILES string of the molecule is Cc1nn(CC(=O)NC2CCOC2)cc1-c1ccc(-c2cnc(C(N)=O)n2C)c(F)c1F. The Morgan fingerprint density at radius 2 is 1.97 bits per heavy atom. The predicted molar refractivity (Wildman–Crippen MR) is 110 cm³/mol. The lowest BCUT2D eigenvalue weighted by molar-refractivity contribution is -0.122. The molecule has 4 rings (SSSR count). The van der Waals surface area contributed by atoms with E-state index in [0.717, 1.165) is 6.42 Å². The van der Waals surface area contributed by atoms with Crippen LogP contribution in [-0.2, 0) is 23.1 Å². The van der Waals surface area contributed by atoms with E-state index in [2.05, 4.69) is 15.4 Å². The fourth-order valence-corrected chi connectivity index (χ4v) is 3.78. The van der Waals surface area contributed by atoms with E-state index in [0.29, 0.717) is 24.5 Å². The van der Waals surface area contributed by atoms with Gasteiger partial charge in [0, 0.05) is 36.5 Å². The number of hydrogen-bond donors (Lipinski definition) is 2. The van der Waals surface area contributed by atoms with Gasteiger partial charge in [-0.2, -0.15) is 5.10 Å². The van der Waals surface area contributed by atoms with Crippen LogP contribution in [0.5, 0.6) is 0 Å². The summed E-state index contributed by atoms with van der Waals surface area (Å²) in [6, 6.07) is 2.80. The number of carbonyl (C=O) groups is 2. The average molecular weight is 444 g/mol. The summed E-state index contributed by atoms with van der Waals surface area (Å²) >= 11 is 0. The standard InChI is InChI=1S/C21H22F2N6O3/c1-11-15(8-29(27-11)9-17(30)26-12-5-6-32-10-12)13-3-4-14(19(23)18(13)22)16-7-25-21(20(24)31)28(16)2/h3-4,7-8,12H,5-6,9-10H2,1-2H3,(H2,24,31)(H,26,30). The number of benzene rings is 1. The predicted octanol–water partition coefficient (Wildman–Crippen LogP) is 1.54. The minimum atomic E-state index is -1.09. The molecule has 1 aliphatic heterocycles. The maximum atomic E-state index is 15.0. The lowest BCUT2D eigenvalue weighted by atomic mass is 10.0. The summed E-state index contributed by atoms with van der Waals surface area (Å²) in [6.45, 7) is 2.69. The Hall–Kier alpha value is -3.60. The van der Waals surface area contributed by atoms with Gasteiger partial charge in [-0.3, -0.25) is 14.3 Å². The van der Waals surface area contributed by atoms with Gasteiger partial charge in [-0.1, -0.05) is 6.07 Å². The highest BCUT2D eigenvalue weighted by Gasteiger charge is 2.23. The van der Waals surface area contributed by atoms with Gasteiger partial charge < -0.3 is 20.4 Å². The first-order valence-corrected chi connectivity index (χ1v) is 9.97. The lowest BCUT2D eigenvalue weighted by Crippen LogP contribution is -2.37. The van der Waals surface area contributed by atoms with E-state index in [1.807, 2.05) is 0 Å². The molecule has 0 radical (unpaired) electrons. The summed E-state index contributed by atoms with van der Waals surface area (Å²) in [5.41, 5.74) is 6.22. The summed E-state index contributed by atoms with van der Waals surface area (Å²) in [4.78, 5) is 27.5. The molecule has 1 atom stereocenters. The maximum absolute atomic E-state index is 15.0. The second-order valence-corrected chi connectivity index (χ2v) is 7.63. The van der Waals surface area contributed by atoms with Crippen LogP contribution >= 0.6 is 0 Å². The molecule has 0 bridgehead atoms. The van der Waals surface area contributed by atoms with Crippen molar-refractivity contribution in [3.8, 4) is 22.4 Å². The van der Waals surface area contributed by atoms with Gasteiger partial charge in [-0.25, -0.2) is 13.8 Å². The highest BCUT2D eigenvalue weighted by atomic mass is 19.2. The lowest BCUT2D eigenvalue weighted by Gasteiger charge is -2.10. The summed E-state index contributed by atoms with van der Waals surface area (Å²) in [5.74, 6) is -3.24. The first kappa shape index (κ1) is 21.6. The fourth-order valence-electron chi connectivity index (χ4n) is 3.78. The Labute approximate surface area is 182 Å². The highest BCUT2D eigenvalue weighted by Crippen LogP contribution is 2.32. The van der Waals surface area contributed by atoms with Crippen LogP contribution < -0.4 is 11.1 Å². The highest BCUT2D eigenvalue weighted by molar-refractivity contribution is 5.90. The molecule has 1 saturated heterocycles. The topological polar surface area (TPSA) is 117 Å². The molecule has 3 heterocycles. The number of aromatic nitrogens is 4. The van der Waals surface area contributed by atoms with E-state index >= 15 is 4.39 Å². The van der Waals surface area contributed by atoms with E-state index in [1.54, 1.807) is 6.92 Å². The van der Waals surface area contributed by atoms with E-state index in [1.165, 1.54) is 40.8 Å². The number of primary amides is 1. The molecule has 11 heteroatoms. The number of amides is 2. The number of imidazole rings is 1. The van der Waals surface area contributed by atoms with Crippen molar-refractivity contribution in [1.29, 1.82) is 0 Å². The molecule has 0 aliphatic carbocycles. The van der Waals surface area contributed by atoms with Gasteiger partial charge in [0.25, 0.3) is 5.91 Å². The third-order valence-corrected chi connectivity index (χ3v) is 5.40. The number of hydrogen-bond acceptors (Lipinski definition) is 5. The number of nitrogens with two attached hydrogens (primary N) is 1. The molecule has 9 nitrogen and oxygen atoms in total. The Kier molecular flexibility index (Phi) is 5.74. The Morgan fingerprint density at radius 1 is 1.25 bits per heavy atom. The fraction of sp³-hybridized carbons (Fsp3) is 0.333. The van der Waals surface area contributed by atoms with Crippen molar-refractivity contribution in [3.05, 3.63) is 47.7 Å². The number of halogens is 2. The van der Waals surface area contributed by atoms with E-state index in [4.69, 9.17) is 10.5 Å². The Balaban J connectivity index is 1.60. The molecule has 168 valence electrons. The van der Waals surface area contributed by atoms with Crippen LogP contribution in [-0.4, -0.2) is 50.4 Å². The van der Waals surface area contributed by atoms with Crippen LogP contribution in [0, 0.1) is 18.6 Å². The number of aryl methyl sites for hydroxylation is 1. The van der Waals surface area contributed by atoms with Crippen LogP contribution in [0.4, 0.5) is 8.78 Å². The normalized spacial score (nSPS) is 15.8. The third-order valence-electron chi connectivity index (χ3n) is 5.40. The molecule has 32 heavy (non-hydrogen) atoms. The van der Waals surface area contributed by atoms with Crippen molar-refractivity contribution in [3.63, 3.8) is 0 Å². The van der Waals surface area contributed by atoms with E-state index < -0.39 is 17.5 Å². The Bertz CT molecular complexity index is 1200. The quantitative estimate of drug-likeness (QED) is 0.598. The zero-order valence-corrected chi connectivity index (χ0v) is 17.6. The molecular formula is C21H22F2N6O3. The van der Waals surface area contributed by atoms with Crippen molar-refractivity contribution < 1.29 is 23.1 Å². The first-order chi connectivity index (χ1) is 15.3. The number of ether oxygens (including phenoxy) is 1. The smallest absolute Gasteiger partial charge is 0.284 e. The van der Waals surface area contributed by atoms with Gasteiger partial charge in [0.05, 0.1) is 30.2 Å². The van der Waals surface area contributed by atoms with Crippen molar-refractivity contribution in [2.75, 3.05) is 13.2 Å². The van der Waals surface area contributed by atoms with Gasteiger partial charge in [0.1, 0.15) is 6.54 Å². The van der Waals surface area contributed by atoms with E-state index in [9.17, 15) is 14.0 Å². The number of nitrogens with one attached hydrogen (secondary N) is 1. The van der Waals surface area contributed by atoms with Gasteiger partial charge >= 0.3 is 0 Å². The van der Waals surface area contributed by atoms with Gasteiger partial charge in [0.15, 0.2) is 17.5 Å². The Morgan fingerprint density at radius 3 is 2.62 bits per heavy atom. The minimum absolute atomic E-state index is 0.0110. The monoisotopic (exact) mass is 444 g/mol. The van der Waals surface area contributed by atoms with Crippen LogP contribution in [0.2, 0.25) is 0 Å². The molecule has 0 spiro atoms. The molecule has 0 saturated carbocycles. The summed E-state index contributed by atoms with van der Waals surface area (Å²) in [5, 5.41) is 7.12. The van der Waals surface area contributed by atoms with Crippen LogP contribution in [0.25, 0.3) is 22.4 Å². The zero-order chi connectivity index (χ0) is 23.0. The van der Waals surface area contributed by atoms with Gasteiger partial charge in [-0.15, -0.1) is 0 Å². The molecule has 3 N–H and O–H groups in total. The summed E-state index contributed by atoms with van der Waals surface area (Å²) in [6.07, 6.45) is 3.52. The number of nitrogens with zero attached hydrogens (tertiary/aromatic N) is 4. The second-order valence-electron chi connectivity index (χ2n) is 7.63. The van der Waals surface area contributed by atoms with Crippen LogP contribution in [0.3, 0.4) is 0 Å². The maximum Gasteiger partial charge on any atom is 0.284 e. The molecule has 2 aromatic heterocycles. The summed E-state index contributed by atoms with van der Waals surface area (Å²) in [7, 11) is 1.49. The van der Waals surface area contributed by atoms with Gasteiger partial charge in [-0.05, 0) is 19.4 Å². The molecule has 1 aliphatic rings. The van der Waals surface area contributed by atoms with E-state index in [-0.39, 0.29) is 41.1 Å². The summed E-state index contributed by atoms with van der Waals surface area (Å²) < 4.78 is 37.9. The first-order valence-electron chi connectivity index (χ1n) is 9.97. The molecular weight excluding hydrogens is 422 g/mol. The zero-order valence-electron chi connectivity index (χ0n) is 17.6. The largest absolute Gasteiger partial charge is 0.379 e. The number of carbonyl (C=O) groups excluding carboxylic acids is 2. The molecule has 2 amide bonds. The van der Waals surface area contributed by atoms with Crippen molar-refractivity contribution in [1.82, 2.24) is 24.6 Å². The molecule has 1 unspecified atom stereocenters. The molecule has 3 aromatic rings. The number of rotatable bonds is 6. The minimum Gasteiger partial charge on any atom is -0.379 e. The molecule has 1 aromatic carbocycles. The van der Waals surface area contributed by atoms with Crippen LogP contribution in [0.15, 0.2) is 24.5 Å². The molecule has 1 fully saturated rings. The van der Waals surface area contributed by atoms with Crippen molar-refractivity contribution in [2.45, 2.75) is 25.9 Å². The van der Waals surface area contributed by atoms with Gasteiger partial charge in [0.2, 0.25) is 5.91 Å². The van der Waals surface area contributed by atoms with Crippen LogP contribution in [0.1, 0.15) is 22.7 Å². The third kappa shape index (κ3) is 3.98. The van der Waals surface area contributed by atoms with Crippen molar-refractivity contribution in [2.24, 2.45) is 12.8 Å². The second kappa shape index (κ2) is 8.50. The average Bonchev–Trinajstić information content (AvgIpc) is 3.45. The van der Waals surface area contributed by atoms with Crippen molar-refractivity contribution >= 4 is 11.8 Å².